The van der Waals surface area contributed by atoms with Gasteiger partial charge in [-0.25, -0.2) is 0 Å². The number of ether oxygens (including phenoxy) is 1. The van der Waals surface area contributed by atoms with Gasteiger partial charge in [0.1, 0.15) is 0 Å². The molecule has 3 heteroatoms. The minimum atomic E-state index is -0.0916. The Kier molecular flexibility index (Phi) is 8.78. The van der Waals surface area contributed by atoms with Crippen LogP contribution in [0.4, 0.5) is 0 Å². The molecule has 0 aromatic carbocycles. The molecule has 12 heavy (non-hydrogen) atoms. The number of unbranched alkanes of at least 4 members (excludes halogenated alkanes) is 1. The lowest BCUT2D eigenvalue weighted by atomic mass is 10.3. The SMILES string of the molecule is CCCCSCCCC(=O)OC. The van der Waals surface area contributed by atoms with Crippen LogP contribution in [-0.2, 0) is 9.53 Å². The number of carbonyl (C=O) groups excluding carboxylic acids is 1. The van der Waals surface area contributed by atoms with Gasteiger partial charge < -0.3 is 4.74 Å². The predicted octanol–water partition coefficient (Wildman–Crippen LogP) is 2.47. The second-order valence-electron chi connectivity index (χ2n) is 2.65. The van der Waals surface area contributed by atoms with Crippen molar-refractivity contribution < 1.29 is 9.53 Å². The number of hydrogen-bond acceptors (Lipinski definition) is 3. The molecule has 0 aliphatic carbocycles. The number of rotatable bonds is 7. The highest BCUT2D eigenvalue weighted by molar-refractivity contribution is 7.99. The molecule has 0 aliphatic heterocycles. The second kappa shape index (κ2) is 8.91. The third-order valence-electron chi connectivity index (χ3n) is 1.54. The zero-order valence-electron chi connectivity index (χ0n) is 7.97. The molecule has 0 saturated heterocycles. The van der Waals surface area contributed by atoms with E-state index in [-0.39, 0.29) is 5.97 Å². The van der Waals surface area contributed by atoms with Crippen molar-refractivity contribution >= 4 is 17.7 Å². The van der Waals surface area contributed by atoms with Gasteiger partial charge in [0.25, 0.3) is 0 Å². The number of methoxy groups -OCH3 is 1. The standard InChI is InChI=1S/C9H18O2S/c1-3-4-7-12-8-5-6-9(10)11-2/h3-8H2,1-2H3. The van der Waals surface area contributed by atoms with Crippen LogP contribution in [0.5, 0.6) is 0 Å². The maximum absolute atomic E-state index is 10.7. The zero-order valence-corrected chi connectivity index (χ0v) is 8.78. The Bertz CT molecular complexity index is 115. The first-order valence-electron chi connectivity index (χ1n) is 4.45. The van der Waals surface area contributed by atoms with E-state index in [1.165, 1.54) is 25.7 Å². The zero-order chi connectivity index (χ0) is 9.23. The first-order chi connectivity index (χ1) is 5.81. The van der Waals surface area contributed by atoms with Crippen LogP contribution < -0.4 is 0 Å². The van der Waals surface area contributed by atoms with E-state index < -0.39 is 0 Å². The molecule has 0 saturated carbocycles. The Labute approximate surface area is 79.1 Å². The van der Waals surface area contributed by atoms with Gasteiger partial charge in [-0.05, 0) is 24.3 Å². The van der Waals surface area contributed by atoms with Crippen LogP contribution >= 0.6 is 11.8 Å². The molecule has 0 spiro atoms. The molecule has 0 unspecified atom stereocenters. The summed E-state index contributed by atoms with van der Waals surface area (Å²) in [6, 6.07) is 0. The normalized spacial score (nSPS) is 9.83. The molecule has 0 aromatic rings. The Balaban J connectivity index is 2.95. The van der Waals surface area contributed by atoms with Crippen LogP contribution in [0, 0.1) is 0 Å². The van der Waals surface area contributed by atoms with E-state index in [9.17, 15) is 4.79 Å². The highest BCUT2D eigenvalue weighted by atomic mass is 32.2. The van der Waals surface area contributed by atoms with Gasteiger partial charge in [-0.1, -0.05) is 13.3 Å². The molecule has 0 atom stereocenters. The lowest BCUT2D eigenvalue weighted by Crippen LogP contribution is -2.00. The summed E-state index contributed by atoms with van der Waals surface area (Å²) < 4.78 is 4.53. The molecule has 0 aromatic heterocycles. The van der Waals surface area contributed by atoms with E-state index >= 15 is 0 Å². The molecule has 0 heterocycles. The van der Waals surface area contributed by atoms with Gasteiger partial charge in [-0.2, -0.15) is 11.8 Å². The monoisotopic (exact) mass is 190 g/mol. The Hall–Kier alpha value is -0.180. The summed E-state index contributed by atoms with van der Waals surface area (Å²) in [6.07, 6.45) is 4.05. The summed E-state index contributed by atoms with van der Waals surface area (Å²) >= 11 is 1.92. The van der Waals surface area contributed by atoms with E-state index in [1.807, 2.05) is 11.8 Å². The Morgan fingerprint density at radius 3 is 2.58 bits per heavy atom. The van der Waals surface area contributed by atoms with Crippen molar-refractivity contribution in [3.05, 3.63) is 0 Å². The minimum Gasteiger partial charge on any atom is -0.469 e. The first kappa shape index (κ1) is 11.8. The summed E-state index contributed by atoms with van der Waals surface area (Å²) in [5, 5.41) is 0. The lowest BCUT2D eigenvalue weighted by Gasteiger charge is -1.99. The third kappa shape index (κ3) is 7.92. The highest BCUT2D eigenvalue weighted by Crippen LogP contribution is 2.07. The fraction of sp³-hybridized carbons (Fsp3) is 0.889. The van der Waals surface area contributed by atoms with E-state index in [0.717, 1.165) is 12.2 Å². The Morgan fingerprint density at radius 1 is 1.33 bits per heavy atom. The topological polar surface area (TPSA) is 26.3 Å². The third-order valence-corrected chi connectivity index (χ3v) is 2.69. The van der Waals surface area contributed by atoms with Gasteiger partial charge in [0.05, 0.1) is 7.11 Å². The van der Waals surface area contributed by atoms with Crippen LogP contribution in [0.15, 0.2) is 0 Å². The van der Waals surface area contributed by atoms with Crippen LogP contribution in [0.3, 0.4) is 0 Å². The summed E-state index contributed by atoms with van der Waals surface area (Å²) in [6.45, 7) is 2.19. The quantitative estimate of drug-likeness (QED) is 0.455. The van der Waals surface area contributed by atoms with Gasteiger partial charge in [-0.3, -0.25) is 4.79 Å². The molecule has 0 amide bonds. The summed E-state index contributed by atoms with van der Waals surface area (Å²) in [4.78, 5) is 10.7. The number of esters is 1. The number of thioether (sulfide) groups is 1. The van der Waals surface area contributed by atoms with Crippen molar-refractivity contribution in [1.29, 1.82) is 0 Å². The van der Waals surface area contributed by atoms with Crippen LogP contribution in [0.1, 0.15) is 32.6 Å². The van der Waals surface area contributed by atoms with Crippen molar-refractivity contribution in [3.63, 3.8) is 0 Å². The average molecular weight is 190 g/mol. The number of carbonyl (C=O) groups is 1. The van der Waals surface area contributed by atoms with Crippen molar-refractivity contribution in [3.8, 4) is 0 Å². The van der Waals surface area contributed by atoms with Crippen LogP contribution in [-0.4, -0.2) is 24.6 Å². The van der Waals surface area contributed by atoms with Gasteiger partial charge in [0.15, 0.2) is 0 Å². The molecule has 0 radical (unpaired) electrons. The van der Waals surface area contributed by atoms with Gasteiger partial charge in [-0.15, -0.1) is 0 Å². The van der Waals surface area contributed by atoms with Crippen LogP contribution in [0.25, 0.3) is 0 Å². The van der Waals surface area contributed by atoms with E-state index in [2.05, 4.69) is 11.7 Å². The summed E-state index contributed by atoms with van der Waals surface area (Å²) in [7, 11) is 1.44. The van der Waals surface area contributed by atoms with Crippen molar-refractivity contribution in [2.45, 2.75) is 32.6 Å². The van der Waals surface area contributed by atoms with Gasteiger partial charge in [0, 0.05) is 6.42 Å². The van der Waals surface area contributed by atoms with Crippen LogP contribution in [0.2, 0.25) is 0 Å². The molecule has 0 bridgehead atoms. The molecule has 0 N–H and O–H groups in total. The van der Waals surface area contributed by atoms with Crippen molar-refractivity contribution in [1.82, 2.24) is 0 Å². The largest absolute Gasteiger partial charge is 0.469 e. The van der Waals surface area contributed by atoms with Crippen molar-refractivity contribution in [2.24, 2.45) is 0 Å². The van der Waals surface area contributed by atoms with Gasteiger partial charge >= 0.3 is 5.97 Å². The Morgan fingerprint density at radius 2 is 2.00 bits per heavy atom. The first-order valence-corrected chi connectivity index (χ1v) is 5.61. The predicted molar refractivity (Wildman–Crippen MR) is 53.5 cm³/mol. The summed E-state index contributed by atoms with van der Waals surface area (Å²) in [5.41, 5.74) is 0. The number of hydrogen-bond donors (Lipinski definition) is 0. The smallest absolute Gasteiger partial charge is 0.305 e. The molecule has 0 aliphatic rings. The maximum Gasteiger partial charge on any atom is 0.305 e. The second-order valence-corrected chi connectivity index (χ2v) is 3.87. The van der Waals surface area contributed by atoms with E-state index in [4.69, 9.17) is 0 Å². The molecular formula is C9H18O2S. The van der Waals surface area contributed by atoms with E-state index in [1.54, 1.807) is 0 Å². The molecule has 72 valence electrons. The molecule has 0 fully saturated rings. The van der Waals surface area contributed by atoms with Gasteiger partial charge in [0.2, 0.25) is 0 Å². The van der Waals surface area contributed by atoms with E-state index in [0.29, 0.717) is 6.42 Å². The fourth-order valence-electron chi connectivity index (χ4n) is 0.769. The summed E-state index contributed by atoms with van der Waals surface area (Å²) in [5.74, 6) is 2.21. The fourth-order valence-corrected chi connectivity index (χ4v) is 1.81. The average Bonchev–Trinajstić information content (AvgIpc) is 2.10. The molecule has 0 rings (SSSR count). The molecule has 2 nitrogen and oxygen atoms in total. The molecular weight excluding hydrogens is 172 g/mol. The van der Waals surface area contributed by atoms with Crippen molar-refractivity contribution in [2.75, 3.05) is 18.6 Å². The lowest BCUT2D eigenvalue weighted by molar-refractivity contribution is -0.140. The maximum atomic E-state index is 10.7. The highest BCUT2D eigenvalue weighted by Gasteiger charge is 1.98. The minimum absolute atomic E-state index is 0.0916.